The zero-order chi connectivity index (χ0) is 38.9. The number of nitrogens with zero attached hydrogens (tertiary/aromatic N) is 6. The molecule has 0 saturated carbocycles. The van der Waals surface area contributed by atoms with Crippen LogP contribution in [0.3, 0.4) is 0 Å². The summed E-state index contributed by atoms with van der Waals surface area (Å²) in [7, 11) is 0. The summed E-state index contributed by atoms with van der Waals surface area (Å²) in [5.41, 5.74) is 14.2. The molecular weight excluding hydrogens is 721 g/mol. The van der Waals surface area contributed by atoms with Crippen LogP contribution in [0.15, 0.2) is 206 Å². The lowest BCUT2D eigenvalue weighted by Gasteiger charge is -2.13. The lowest BCUT2D eigenvalue weighted by Crippen LogP contribution is -2.01. The average molecular weight is 755 g/mol. The molecule has 7 aromatic carbocycles. The molecule has 0 aliphatic carbocycles. The fourth-order valence-corrected chi connectivity index (χ4v) is 8.92. The molecule has 0 bridgehead atoms. The smallest absolute Gasteiger partial charge is 0.164 e. The predicted molar refractivity (Wildman–Crippen MR) is 241 cm³/mol. The standard InChI is InChI=1S/C53H34N6/c1-4-17-35(18-5-1)48-47-29-14-15-32-57(47)49-43-34-40(58-44-27-12-10-25-41(44)42-26-11-13-28-45(42)58)30-31-46(43)59(50(48)49)39-24-16-23-38(33-39)53-55-51(36-19-6-2-7-20-36)54-52(56-53)37-21-8-3-9-22-37/h1-34H. The van der Waals surface area contributed by atoms with Gasteiger partial charge in [0.05, 0.1) is 33.1 Å². The van der Waals surface area contributed by atoms with Crippen molar-refractivity contribution in [2.45, 2.75) is 0 Å². The van der Waals surface area contributed by atoms with Crippen molar-refractivity contribution < 1.29 is 0 Å². The third kappa shape index (κ3) is 5.24. The van der Waals surface area contributed by atoms with Crippen LogP contribution < -0.4 is 0 Å². The molecule has 0 spiro atoms. The van der Waals surface area contributed by atoms with Gasteiger partial charge in [-0.3, -0.25) is 0 Å². The molecule has 6 heteroatoms. The first-order valence-corrected chi connectivity index (χ1v) is 19.9. The number of benzene rings is 7. The van der Waals surface area contributed by atoms with Gasteiger partial charge in [-0.2, -0.15) is 0 Å². The monoisotopic (exact) mass is 754 g/mol. The Morgan fingerprint density at radius 3 is 1.44 bits per heavy atom. The summed E-state index contributed by atoms with van der Waals surface area (Å²) >= 11 is 0. The van der Waals surface area contributed by atoms with Crippen LogP contribution in [0.4, 0.5) is 0 Å². The van der Waals surface area contributed by atoms with E-state index in [0.29, 0.717) is 17.5 Å². The molecule has 6 nitrogen and oxygen atoms in total. The number of pyridine rings is 1. The maximum atomic E-state index is 5.10. The molecular formula is C53H34N6. The summed E-state index contributed by atoms with van der Waals surface area (Å²) in [6, 6.07) is 70.4. The molecule has 0 aliphatic heterocycles. The van der Waals surface area contributed by atoms with Crippen LogP contribution in [0.1, 0.15) is 0 Å². The predicted octanol–water partition coefficient (Wildman–Crippen LogP) is 13.0. The minimum atomic E-state index is 0.617. The molecule has 0 amide bonds. The van der Waals surface area contributed by atoms with Crippen LogP contribution in [0.2, 0.25) is 0 Å². The number of hydrogen-bond donors (Lipinski definition) is 0. The van der Waals surface area contributed by atoms with E-state index in [1.165, 1.54) is 27.4 Å². The number of hydrogen-bond acceptors (Lipinski definition) is 3. The van der Waals surface area contributed by atoms with Crippen molar-refractivity contribution in [1.82, 2.24) is 28.5 Å². The number of fused-ring (bicyclic) bond motifs is 8. The van der Waals surface area contributed by atoms with Gasteiger partial charge < -0.3 is 13.5 Å². The zero-order valence-electron chi connectivity index (χ0n) is 31.8. The number of para-hydroxylation sites is 2. The highest BCUT2D eigenvalue weighted by Crippen LogP contribution is 2.44. The normalized spacial score (nSPS) is 11.7. The van der Waals surface area contributed by atoms with Crippen molar-refractivity contribution in [2.75, 3.05) is 0 Å². The number of aromatic nitrogens is 6. The van der Waals surface area contributed by atoms with E-state index in [1.54, 1.807) is 0 Å². The molecule has 5 heterocycles. The SMILES string of the molecule is c1ccc(-c2nc(-c3ccccc3)nc(-c3cccc(-n4c5ccc(-n6c7ccccc7c7ccccc76)cc5c5c4c(-c4ccccc4)c4ccccn45)c3)n2)cc1. The van der Waals surface area contributed by atoms with Gasteiger partial charge in [-0.05, 0) is 60.2 Å². The minimum absolute atomic E-state index is 0.617. The first-order valence-electron chi connectivity index (χ1n) is 19.9. The maximum absolute atomic E-state index is 5.10. The summed E-state index contributed by atoms with van der Waals surface area (Å²) in [4.78, 5) is 15.2. The van der Waals surface area contributed by atoms with Crippen LogP contribution >= 0.6 is 0 Å². The lowest BCUT2D eigenvalue weighted by atomic mass is 10.1. The second-order valence-electron chi connectivity index (χ2n) is 14.9. The average Bonchev–Trinajstić information content (AvgIpc) is 3.95. The third-order valence-electron chi connectivity index (χ3n) is 11.5. The van der Waals surface area contributed by atoms with Crippen molar-refractivity contribution in [3.8, 4) is 56.7 Å². The number of rotatable bonds is 6. The zero-order valence-corrected chi connectivity index (χ0v) is 31.8. The Bertz CT molecular complexity index is 3430. The highest BCUT2D eigenvalue weighted by Gasteiger charge is 2.24. The fourth-order valence-electron chi connectivity index (χ4n) is 8.92. The summed E-state index contributed by atoms with van der Waals surface area (Å²) in [5.74, 6) is 1.89. The maximum Gasteiger partial charge on any atom is 0.164 e. The van der Waals surface area contributed by atoms with Gasteiger partial charge in [-0.25, -0.2) is 15.0 Å². The molecule has 0 unspecified atom stereocenters. The van der Waals surface area contributed by atoms with Gasteiger partial charge in [0.15, 0.2) is 17.5 Å². The first-order chi connectivity index (χ1) is 29.3. The molecule has 0 N–H and O–H groups in total. The van der Waals surface area contributed by atoms with Crippen LogP contribution in [0.25, 0.3) is 106 Å². The fraction of sp³-hybridized carbons (Fsp3) is 0. The third-order valence-corrected chi connectivity index (χ3v) is 11.5. The van der Waals surface area contributed by atoms with Crippen molar-refractivity contribution in [1.29, 1.82) is 0 Å². The van der Waals surface area contributed by atoms with Crippen LogP contribution in [-0.2, 0) is 0 Å². The molecule has 276 valence electrons. The Labute approximate surface area is 339 Å². The lowest BCUT2D eigenvalue weighted by molar-refractivity contribution is 1.07. The van der Waals surface area contributed by atoms with E-state index in [9.17, 15) is 0 Å². The second kappa shape index (κ2) is 13.3. The van der Waals surface area contributed by atoms with Crippen LogP contribution in [0.5, 0.6) is 0 Å². The van der Waals surface area contributed by atoms with Crippen molar-refractivity contribution in [3.63, 3.8) is 0 Å². The molecule has 59 heavy (non-hydrogen) atoms. The molecule has 0 saturated heterocycles. The molecule has 0 atom stereocenters. The van der Waals surface area contributed by atoms with Crippen LogP contribution in [-0.4, -0.2) is 28.5 Å². The highest BCUT2D eigenvalue weighted by atomic mass is 15.1. The molecule has 12 rings (SSSR count). The molecule has 5 aromatic heterocycles. The van der Waals surface area contributed by atoms with E-state index in [0.717, 1.165) is 61.1 Å². The highest BCUT2D eigenvalue weighted by molar-refractivity contribution is 6.18. The van der Waals surface area contributed by atoms with Crippen LogP contribution in [0, 0.1) is 0 Å². The van der Waals surface area contributed by atoms with Gasteiger partial charge in [-0.1, -0.05) is 146 Å². The Hall–Kier alpha value is -8.09. The first kappa shape index (κ1) is 33.1. The largest absolute Gasteiger partial charge is 0.314 e. The van der Waals surface area contributed by atoms with Gasteiger partial charge in [0.25, 0.3) is 0 Å². The summed E-state index contributed by atoms with van der Waals surface area (Å²) < 4.78 is 7.19. The summed E-state index contributed by atoms with van der Waals surface area (Å²) in [6.45, 7) is 0. The van der Waals surface area contributed by atoms with Crippen molar-refractivity contribution in [2.24, 2.45) is 0 Å². The summed E-state index contributed by atoms with van der Waals surface area (Å²) in [6.07, 6.45) is 2.19. The van der Waals surface area contributed by atoms with E-state index < -0.39 is 0 Å². The minimum Gasteiger partial charge on any atom is -0.314 e. The van der Waals surface area contributed by atoms with E-state index >= 15 is 0 Å². The van der Waals surface area contributed by atoms with Gasteiger partial charge >= 0.3 is 0 Å². The Morgan fingerprint density at radius 2 is 0.797 bits per heavy atom. The second-order valence-corrected chi connectivity index (χ2v) is 14.9. The Morgan fingerprint density at radius 1 is 0.305 bits per heavy atom. The topological polar surface area (TPSA) is 52.9 Å². The Balaban J connectivity index is 1.14. The van der Waals surface area contributed by atoms with Gasteiger partial charge in [0, 0.05) is 56.0 Å². The molecule has 0 aliphatic rings. The molecule has 0 radical (unpaired) electrons. The van der Waals surface area contributed by atoms with Gasteiger partial charge in [0.1, 0.15) is 0 Å². The molecule has 12 aromatic rings. The summed E-state index contributed by atoms with van der Waals surface area (Å²) in [5, 5.41) is 3.64. The van der Waals surface area contributed by atoms with E-state index in [1.807, 2.05) is 60.7 Å². The Kier molecular flexibility index (Phi) is 7.43. The van der Waals surface area contributed by atoms with Crippen molar-refractivity contribution in [3.05, 3.63) is 206 Å². The van der Waals surface area contributed by atoms with Gasteiger partial charge in [0.2, 0.25) is 0 Å². The van der Waals surface area contributed by atoms with Crippen molar-refractivity contribution >= 4 is 49.3 Å². The molecule has 0 fully saturated rings. The van der Waals surface area contributed by atoms with Gasteiger partial charge in [-0.15, -0.1) is 0 Å². The van der Waals surface area contributed by atoms with E-state index in [-0.39, 0.29) is 0 Å². The van der Waals surface area contributed by atoms with E-state index in [2.05, 4.69) is 159 Å². The quantitative estimate of drug-likeness (QED) is 0.170. The van der Waals surface area contributed by atoms with E-state index in [4.69, 9.17) is 15.0 Å².